The zero-order valence-corrected chi connectivity index (χ0v) is 16.0. The molecule has 3 heterocycles. The summed E-state index contributed by atoms with van der Waals surface area (Å²) in [7, 11) is 0. The van der Waals surface area contributed by atoms with E-state index in [0.29, 0.717) is 18.9 Å². The van der Waals surface area contributed by atoms with Crippen LogP contribution in [0, 0.1) is 6.92 Å². The second kappa shape index (κ2) is 8.81. The number of hydrogen-bond acceptors (Lipinski definition) is 6. The molecule has 2 aromatic heterocycles. The van der Waals surface area contributed by atoms with Crippen molar-refractivity contribution in [2.24, 2.45) is 10.7 Å². The molecule has 2 aromatic rings. The summed E-state index contributed by atoms with van der Waals surface area (Å²) in [6.07, 6.45) is 4.23. The summed E-state index contributed by atoms with van der Waals surface area (Å²) < 4.78 is 5.16. The number of rotatable bonds is 4. The number of aryl methyl sites for hydroxylation is 1. The van der Waals surface area contributed by atoms with Crippen LogP contribution < -0.4 is 10.6 Å². The zero-order valence-electron chi connectivity index (χ0n) is 13.6. The fraction of sp³-hybridized carbons (Fsp3) is 0.467. The lowest BCUT2D eigenvalue weighted by Crippen LogP contribution is -2.51. The topological polar surface area (TPSA) is 96.7 Å². The Bertz CT molecular complexity index is 653. The molecule has 8 nitrogen and oxygen atoms in total. The van der Waals surface area contributed by atoms with Gasteiger partial charge in [0.1, 0.15) is 5.76 Å². The van der Waals surface area contributed by atoms with Crippen LogP contribution in [0.4, 0.5) is 5.95 Å². The first-order chi connectivity index (χ1) is 11.2. The predicted octanol–water partition coefficient (Wildman–Crippen LogP) is 1.07. The second-order valence-corrected chi connectivity index (χ2v) is 5.45. The van der Waals surface area contributed by atoms with Crippen LogP contribution in [0.3, 0.4) is 0 Å². The van der Waals surface area contributed by atoms with Crippen LogP contribution in [0.2, 0.25) is 0 Å². The van der Waals surface area contributed by atoms with E-state index in [2.05, 4.69) is 29.9 Å². The van der Waals surface area contributed by atoms with E-state index in [1.54, 1.807) is 12.4 Å². The molecule has 1 aliphatic rings. The molecule has 0 aliphatic carbocycles. The number of aliphatic imine (C=N–C) groups is 1. The maximum Gasteiger partial charge on any atom is 0.225 e. The minimum atomic E-state index is 0. The summed E-state index contributed by atoms with van der Waals surface area (Å²) in [4.78, 5) is 17.2. The van der Waals surface area contributed by atoms with Gasteiger partial charge in [-0.05, 0) is 13.0 Å². The van der Waals surface area contributed by atoms with Crippen molar-refractivity contribution in [3.63, 3.8) is 0 Å². The SMILES string of the molecule is Cc1cc(CCN=C(N)N2CCN(c3ncccn3)CC2)on1.I. The minimum absolute atomic E-state index is 0. The summed E-state index contributed by atoms with van der Waals surface area (Å²) in [6.45, 7) is 5.80. The van der Waals surface area contributed by atoms with Gasteiger partial charge < -0.3 is 20.1 Å². The van der Waals surface area contributed by atoms with Gasteiger partial charge in [-0.15, -0.1) is 24.0 Å². The van der Waals surface area contributed by atoms with Gasteiger partial charge in [0.2, 0.25) is 5.95 Å². The lowest BCUT2D eigenvalue weighted by molar-refractivity contribution is 0.374. The molecule has 1 aliphatic heterocycles. The van der Waals surface area contributed by atoms with E-state index in [1.807, 2.05) is 19.1 Å². The molecule has 9 heteroatoms. The van der Waals surface area contributed by atoms with Crippen LogP contribution in [0.5, 0.6) is 0 Å². The van der Waals surface area contributed by atoms with Crippen molar-refractivity contribution in [1.82, 2.24) is 20.0 Å². The van der Waals surface area contributed by atoms with Crippen LogP contribution >= 0.6 is 24.0 Å². The average molecular weight is 443 g/mol. The van der Waals surface area contributed by atoms with Crippen LogP contribution in [0.1, 0.15) is 11.5 Å². The molecule has 0 aromatic carbocycles. The maximum atomic E-state index is 6.08. The van der Waals surface area contributed by atoms with Crippen LogP contribution in [-0.2, 0) is 6.42 Å². The van der Waals surface area contributed by atoms with Gasteiger partial charge in [0.15, 0.2) is 5.96 Å². The quantitative estimate of drug-likeness (QED) is 0.429. The molecule has 0 atom stereocenters. The molecule has 0 bridgehead atoms. The summed E-state index contributed by atoms with van der Waals surface area (Å²) >= 11 is 0. The smallest absolute Gasteiger partial charge is 0.225 e. The van der Waals surface area contributed by atoms with Crippen LogP contribution in [-0.4, -0.2) is 58.7 Å². The minimum Gasteiger partial charge on any atom is -0.370 e. The Balaban J connectivity index is 0.00000208. The monoisotopic (exact) mass is 443 g/mol. The highest BCUT2D eigenvalue weighted by molar-refractivity contribution is 14.0. The molecule has 0 amide bonds. The van der Waals surface area contributed by atoms with E-state index in [1.165, 1.54) is 0 Å². The highest BCUT2D eigenvalue weighted by Crippen LogP contribution is 2.09. The number of nitrogens with two attached hydrogens (primary N) is 1. The number of hydrogen-bond donors (Lipinski definition) is 1. The standard InChI is InChI=1S/C15H21N7O.HI/c1-12-11-13(23-20-12)3-6-17-14(16)21-7-9-22(10-8-21)15-18-4-2-5-19-15;/h2,4-5,11H,3,6-10H2,1H3,(H2,16,17);1H. The molecule has 0 unspecified atom stereocenters. The zero-order chi connectivity index (χ0) is 16.1. The Morgan fingerprint density at radius 1 is 1.25 bits per heavy atom. The van der Waals surface area contributed by atoms with Crippen molar-refractivity contribution in [3.8, 4) is 0 Å². The van der Waals surface area contributed by atoms with Gasteiger partial charge in [0.25, 0.3) is 0 Å². The fourth-order valence-corrected chi connectivity index (χ4v) is 2.50. The molecule has 0 saturated carbocycles. The largest absolute Gasteiger partial charge is 0.370 e. The van der Waals surface area contributed by atoms with Crippen molar-refractivity contribution in [3.05, 3.63) is 36.0 Å². The molecular formula is C15H22IN7O. The van der Waals surface area contributed by atoms with E-state index < -0.39 is 0 Å². The average Bonchev–Trinajstić information content (AvgIpc) is 3.01. The van der Waals surface area contributed by atoms with E-state index in [0.717, 1.165) is 43.6 Å². The van der Waals surface area contributed by atoms with Crippen molar-refractivity contribution in [1.29, 1.82) is 0 Å². The third-order valence-corrected chi connectivity index (χ3v) is 3.75. The van der Waals surface area contributed by atoms with Crippen molar-refractivity contribution < 1.29 is 4.52 Å². The first-order valence-corrected chi connectivity index (χ1v) is 7.71. The predicted molar refractivity (Wildman–Crippen MR) is 103 cm³/mol. The van der Waals surface area contributed by atoms with Gasteiger partial charge in [0.05, 0.1) is 5.69 Å². The molecular weight excluding hydrogens is 421 g/mol. The van der Waals surface area contributed by atoms with Crippen LogP contribution in [0.15, 0.2) is 34.0 Å². The number of halogens is 1. The Kier molecular flexibility index (Phi) is 6.76. The van der Waals surface area contributed by atoms with Gasteiger partial charge in [-0.3, -0.25) is 4.99 Å². The number of piperazine rings is 1. The third kappa shape index (κ3) is 4.79. The third-order valence-electron chi connectivity index (χ3n) is 3.75. The van der Waals surface area contributed by atoms with Gasteiger partial charge in [-0.2, -0.15) is 0 Å². The Morgan fingerprint density at radius 3 is 2.58 bits per heavy atom. The Hall–Kier alpha value is -1.91. The Morgan fingerprint density at radius 2 is 1.96 bits per heavy atom. The molecule has 1 saturated heterocycles. The number of guanidine groups is 1. The molecule has 3 rings (SSSR count). The van der Waals surface area contributed by atoms with Gasteiger partial charge in [0, 0.05) is 57.6 Å². The first-order valence-electron chi connectivity index (χ1n) is 7.71. The van der Waals surface area contributed by atoms with Crippen LogP contribution in [0.25, 0.3) is 0 Å². The van der Waals surface area contributed by atoms with Gasteiger partial charge >= 0.3 is 0 Å². The molecule has 0 spiro atoms. The van der Waals surface area contributed by atoms with E-state index in [4.69, 9.17) is 10.3 Å². The summed E-state index contributed by atoms with van der Waals surface area (Å²) in [5, 5.41) is 3.86. The van der Waals surface area contributed by atoms with Crippen molar-refractivity contribution >= 4 is 35.9 Å². The number of aromatic nitrogens is 3. The number of anilines is 1. The highest BCUT2D eigenvalue weighted by atomic mass is 127. The first kappa shape index (κ1) is 18.4. The number of nitrogens with zero attached hydrogens (tertiary/aromatic N) is 6. The van der Waals surface area contributed by atoms with E-state index in [-0.39, 0.29) is 24.0 Å². The fourth-order valence-electron chi connectivity index (χ4n) is 2.50. The lowest BCUT2D eigenvalue weighted by Gasteiger charge is -2.35. The van der Waals surface area contributed by atoms with E-state index in [9.17, 15) is 0 Å². The van der Waals surface area contributed by atoms with E-state index >= 15 is 0 Å². The normalized spacial score (nSPS) is 15.3. The van der Waals surface area contributed by atoms with Crippen molar-refractivity contribution in [2.45, 2.75) is 13.3 Å². The molecule has 2 N–H and O–H groups in total. The van der Waals surface area contributed by atoms with Gasteiger partial charge in [-0.25, -0.2) is 9.97 Å². The molecule has 0 radical (unpaired) electrons. The summed E-state index contributed by atoms with van der Waals surface area (Å²) in [6, 6.07) is 3.74. The van der Waals surface area contributed by atoms with Crippen molar-refractivity contribution in [2.75, 3.05) is 37.6 Å². The highest BCUT2D eigenvalue weighted by Gasteiger charge is 2.19. The summed E-state index contributed by atoms with van der Waals surface area (Å²) in [5.74, 6) is 2.18. The summed E-state index contributed by atoms with van der Waals surface area (Å²) in [5.41, 5.74) is 6.97. The lowest BCUT2D eigenvalue weighted by atomic mass is 10.3. The Labute approximate surface area is 158 Å². The van der Waals surface area contributed by atoms with Gasteiger partial charge in [-0.1, -0.05) is 5.16 Å². The second-order valence-electron chi connectivity index (χ2n) is 5.45. The molecule has 130 valence electrons. The molecule has 1 fully saturated rings. The molecule has 24 heavy (non-hydrogen) atoms. The maximum absolute atomic E-state index is 6.08.